The zero-order chi connectivity index (χ0) is 12.7. The van der Waals surface area contributed by atoms with Crippen LogP contribution in [0.25, 0.3) is 22.4 Å². The first kappa shape index (κ1) is 10.8. The van der Waals surface area contributed by atoms with Crippen LogP contribution in [0.2, 0.25) is 0 Å². The monoisotopic (exact) mass is 242 g/mol. The van der Waals surface area contributed by atoms with Crippen molar-refractivity contribution in [1.82, 2.24) is 14.8 Å². The highest BCUT2D eigenvalue weighted by atomic mass is 16.3. The van der Waals surface area contributed by atoms with Crippen LogP contribution in [0.15, 0.2) is 28.7 Å². The van der Waals surface area contributed by atoms with Crippen molar-refractivity contribution in [2.75, 3.05) is 12.4 Å². The number of hydrogen-bond acceptors (Lipinski definition) is 4. The third-order valence-electron chi connectivity index (χ3n) is 2.93. The van der Waals surface area contributed by atoms with Crippen molar-refractivity contribution in [3.63, 3.8) is 0 Å². The zero-order valence-electron chi connectivity index (χ0n) is 10.6. The molecule has 5 heteroatoms. The molecular weight excluding hydrogens is 228 g/mol. The molecule has 2 aromatic heterocycles. The summed E-state index contributed by atoms with van der Waals surface area (Å²) in [6.45, 7) is 1.85. The lowest BCUT2D eigenvalue weighted by Gasteiger charge is -2.00. The van der Waals surface area contributed by atoms with Crippen LogP contribution in [0.1, 0.15) is 5.89 Å². The van der Waals surface area contributed by atoms with Crippen molar-refractivity contribution in [3.8, 4) is 11.3 Å². The van der Waals surface area contributed by atoms with Crippen LogP contribution in [0, 0.1) is 6.92 Å². The van der Waals surface area contributed by atoms with E-state index < -0.39 is 0 Å². The molecule has 1 N–H and O–H groups in total. The van der Waals surface area contributed by atoms with Gasteiger partial charge in [0, 0.05) is 32.6 Å². The molecule has 3 rings (SSSR count). The molecule has 0 aliphatic rings. The van der Waals surface area contributed by atoms with E-state index in [0.717, 1.165) is 28.2 Å². The summed E-state index contributed by atoms with van der Waals surface area (Å²) >= 11 is 0. The van der Waals surface area contributed by atoms with Crippen molar-refractivity contribution in [1.29, 1.82) is 0 Å². The lowest BCUT2D eigenvalue weighted by molar-refractivity contribution is 0.561. The van der Waals surface area contributed by atoms with Crippen molar-refractivity contribution in [2.45, 2.75) is 6.92 Å². The van der Waals surface area contributed by atoms with Crippen LogP contribution in [-0.2, 0) is 7.05 Å². The first-order valence-corrected chi connectivity index (χ1v) is 5.77. The number of aryl methyl sites for hydroxylation is 2. The Morgan fingerprint density at radius 2 is 2.11 bits per heavy atom. The quantitative estimate of drug-likeness (QED) is 0.750. The first-order valence-electron chi connectivity index (χ1n) is 5.77. The maximum atomic E-state index is 5.47. The summed E-state index contributed by atoms with van der Waals surface area (Å²) < 4.78 is 7.32. The Kier molecular flexibility index (Phi) is 2.33. The van der Waals surface area contributed by atoms with Crippen LogP contribution < -0.4 is 5.32 Å². The maximum absolute atomic E-state index is 5.47. The van der Waals surface area contributed by atoms with Gasteiger partial charge in [-0.15, -0.1) is 0 Å². The molecule has 0 bridgehead atoms. The molecule has 1 aromatic carbocycles. The standard InChI is InChI=1S/C13H14N4O/c1-8-15-10-6-9(4-5-12(10)18-8)11-7-13(14-2)16-17(11)3/h4-7H,1-3H3,(H,14,16). The molecule has 0 amide bonds. The van der Waals surface area contributed by atoms with Crippen LogP contribution in [0.3, 0.4) is 0 Å². The molecule has 0 saturated carbocycles. The number of nitrogens with zero attached hydrogens (tertiary/aromatic N) is 3. The first-order chi connectivity index (χ1) is 8.67. The predicted molar refractivity (Wildman–Crippen MR) is 70.5 cm³/mol. The highest BCUT2D eigenvalue weighted by molar-refractivity contribution is 5.80. The van der Waals surface area contributed by atoms with E-state index in [1.165, 1.54) is 0 Å². The van der Waals surface area contributed by atoms with Gasteiger partial charge in [-0.05, 0) is 18.2 Å². The Balaban J connectivity index is 2.15. The zero-order valence-corrected chi connectivity index (χ0v) is 10.6. The minimum Gasteiger partial charge on any atom is -0.441 e. The second-order valence-corrected chi connectivity index (χ2v) is 4.20. The van der Waals surface area contributed by atoms with Gasteiger partial charge in [0.2, 0.25) is 0 Å². The van der Waals surface area contributed by atoms with Gasteiger partial charge >= 0.3 is 0 Å². The summed E-state index contributed by atoms with van der Waals surface area (Å²) in [4.78, 5) is 4.34. The van der Waals surface area contributed by atoms with Crippen molar-refractivity contribution >= 4 is 16.9 Å². The average Bonchev–Trinajstić information content (AvgIpc) is 2.89. The van der Waals surface area contributed by atoms with Gasteiger partial charge in [0.1, 0.15) is 11.3 Å². The summed E-state index contributed by atoms with van der Waals surface area (Å²) in [6, 6.07) is 7.98. The van der Waals surface area contributed by atoms with E-state index in [-0.39, 0.29) is 0 Å². The molecule has 0 unspecified atom stereocenters. The highest BCUT2D eigenvalue weighted by Crippen LogP contribution is 2.26. The molecule has 18 heavy (non-hydrogen) atoms. The fraction of sp³-hybridized carbons (Fsp3) is 0.231. The molecule has 0 radical (unpaired) electrons. The molecule has 0 spiro atoms. The van der Waals surface area contributed by atoms with E-state index in [1.807, 2.05) is 50.0 Å². The number of anilines is 1. The summed E-state index contributed by atoms with van der Waals surface area (Å²) in [5.41, 5.74) is 3.80. The number of oxazole rings is 1. The molecule has 0 atom stereocenters. The lowest BCUT2D eigenvalue weighted by Crippen LogP contribution is -1.94. The predicted octanol–water partition coefficient (Wildman–Crippen LogP) is 2.58. The molecule has 2 heterocycles. The van der Waals surface area contributed by atoms with Crippen LogP contribution in [0.5, 0.6) is 0 Å². The van der Waals surface area contributed by atoms with Crippen LogP contribution in [-0.4, -0.2) is 21.8 Å². The van der Waals surface area contributed by atoms with E-state index in [9.17, 15) is 0 Å². The Morgan fingerprint density at radius 1 is 1.28 bits per heavy atom. The Labute approximate surface area is 104 Å². The van der Waals surface area contributed by atoms with Gasteiger partial charge in [0.25, 0.3) is 0 Å². The van der Waals surface area contributed by atoms with Gasteiger partial charge in [-0.3, -0.25) is 4.68 Å². The third-order valence-corrected chi connectivity index (χ3v) is 2.93. The summed E-state index contributed by atoms with van der Waals surface area (Å²) in [5.74, 6) is 1.53. The molecule has 0 fully saturated rings. The fourth-order valence-corrected chi connectivity index (χ4v) is 2.06. The molecule has 0 aliphatic carbocycles. The number of hydrogen-bond donors (Lipinski definition) is 1. The molecule has 0 saturated heterocycles. The van der Waals surface area contributed by atoms with Gasteiger partial charge in [0.15, 0.2) is 11.5 Å². The Bertz CT molecular complexity index is 711. The number of fused-ring (bicyclic) bond motifs is 1. The van der Waals surface area contributed by atoms with Gasteiger partial charge in [-0.25, -0.2) is 4.98 Å². The number of nitrogens with one attached hydrogen (secondary N) is 1. The highest BCUT2D eigenvalue weighted by Gasteiger charge is 2.09. The molecule has 0 aliphatic heterocycles. The minimum absolute atomic E-state index is 0.683. The molecule has 3 aromatic rings. The smallest absolute Gasteiger partial charge is 0.192 e. The molecule has 92 valence electrons. The molecule has 5 nitrogen and oxygen atoms in total. The van der Waals surface area contributed by atoms with Gasteiger partial charge < -0.3 is 9.73 Å². The second kappa shape index (κ2) is 3.87. The summed E-state index contributed by atoms with van der Waals surface area (Å²) in [5, 5.41) is 7.39. The minimum atomic E-state index is 0.683. The number of benzene rings is 1. The van der Waals surface area contributed by atoms with Crippen LogP contribution >= 0.6 is 0 Å². The van der Waals surface area contributed by atoms with E-state index in [2.05, 4.69) is 15.4 Å². The van der Waals surface area contributed by atoms with Gasteiger partial charge in [-0.1, -0.05) is 0 Å². The number of aromatic nitrogens is 3. The Morgan fingerprint density at radius 3 is 2.83 bits per heavy atom. The lowest BCUT2D eigenvalue weighted by atomic mass is 10.1. The normalized spacial score (nSPS) is 11.1. The van der Waals surface area contributed by atoms with E-state index in [1.54, 1.807) is 0 Å². The second-order valence-electron chi connectivity index (χ2n) is 4.20. The van der Waals surface area contributed by atoms with Crippen molar-refractivity contribution in [2.24, 2.45) is 7.05 Å². The van der Waals surface area contributed by atoms with Crippen molar-refractivity contribution < 1.29 is 4.42 Å². The van der Waals surface area contributed by atoms with Crippen LogP contribution in [0.4, 0.5) is 5.82 Å². The van der Waals surface area contributed by atoms with E-state index in [4.69, 9.17) is 4.42 Å². The summed E-state index contributed by atoms with van der Waals surface area (Å²) in [6.07, 6.45) is 0. The fourth-order valence-electron chi connectivity index (χ4n) is 2.06. The van der Waals surface area contributed by atoms with Gasteiger partial charge in [-0.2, -0.15) is 5.10 Å². The summed E-state index contributed by atoms with van der Waals surface area (Å²) in [7, 11) is 3.78. The molecular formula is C13H14N4O. The van der Waals surface area contributed by atoms with Crippen molar-refractivity contribution in [3.05, 3.63) is 30.2 Å². The topological polar surface area (TPSA) is 55.9 Å². The van der Waals surface area contributed by atoms with E-state index in [0.29, 0.717) is 5.89 Å². The SMILES string of the molecule is CNc1cc(-c2ccc3oc(C)nc3c2)n(C)n1. The number of rotatable bonds is 2. The average molecular weight is 242 g/mol. The maximum Gasteiger partial charge on any atom is 0.192 e. The van der Waals surface area contributed by atoms with E-state index >= 15 is 0 Å². The third kappa shape index (κ3) is 1.64. The van der Waals surface area contributed by atoms with Gasteiger partial charge in [0.05, 0.1) is 5.69 Å². The largest absolute Gasteiger partial charge is 0.441 e. The Hall–Kier alpha value is -2.30.